The minimum absolute atomic E-state index is 0.0843. The monoisotopic (exact) mass is 415 g/mol. The van der Waals surface area contributed by atoms with E-state index in [0.717, 1.165) is 17.2 Å². The summed E-state index contributed by atoms with van der Waals surface area (Å²) in [6.07, 6.45) is 5.24. The maximum absolute atomic E-state index is 8.88. The molecule has 158 valence electrons. The highest BCUT2D eigenvalue weighted by Crippen LogP contribution is 2.25. The van der Waals surface area contributed by atoms with E-state index in [1.54, 1.807) is 12.5 Å². The van der Waals surface area contributed by atoms with E-state index in [2.05, 4.69) is 9.98 Å². The molecule has 2 aromatic carbocycles. The Morgan fingerprint density at radius 3 is 2.13 bits per heavy atom. The van der Waals surface area contributed by atoms with Gasteiger partial charge in [-0.2, -0.15) is 9.98 Å². The second-order valence-electron chi connectivity index (χ2n) is 6.97. The number of hydrogen-bond acceptors (Lipinski definition) is 3. The normalized spacial score (nSPS) is 15.1. The smallest absolute Gasteiger partial charge is 0.230 e. The van der Waals surface area contributed by atoms with E-state index in [9.17, 15) is 0 Å². The van der Waals surface area contributed by atoms with Gasteiger partial charge in [0.2, 0.25) is 11.9 Å². The van der Waals surface area contributed by atoms with E-state index in [4.69, 9.17) is 15.1 Å². The van der Waals surface area contributed by atoms with Crippen molar-refractivity contribution < 1.29 is 4.74 Å². The van der Waals surface area contributed by atoms with E-state index in [-0.39, 0.29) is 5.96 Å². The topological polar surface area (TPSA) is 82.1 Å². The fraction of sp³-hybridized carbons (Fsp3) is 0.217. The third-order valence-corrected chi connectivity index (χ3v) is 4.88. The molecule has 0 saturated carbocycles. The largest absolute Gasteiger partial charge is 0.378 e. The Morgan fingerprint density at radius 1 is 0.968 bits per heavy atom. The number of nitrogens with one attached hydrogen (secondary N) is 1. The van der Waals surface area contributed by atoms with E-state index in [0.29, 0.717) is 32.3 Å². The molecule has 3 aromatic rings. The second-order valence-corrected chi connectivity index (χ2v) is 6.97. The van der Waals surface area contributed by atoms with E-state index in [1.807, 2.05) is 88.2 Å². The Kier molecular flexibility index (Phi) is 6.49. The summed E-state index contributed by atoms with van der Waals surface area (Å²) in [6, 6.07) is 19.6. The second kappa shape index (κ2) is 9.82. The van der Waals surface area contributed by atoms with Crippen molar-refractivity contribution in [3.8, 4) is 0 Å². The van der Waals surface area contributed by atoms with Gasteiger partial charge in [0.05, 0.1) is 13.2 Å². The Labute approximate surface area is 181 Å². The van der Waals surface area contributed by atoms with Crippen molar-refractivity contribution in [3.63, 3.8) is 0 Å². The summed E-state index contributed by atoms with van der Waals surface area (Å²) in [6.45, 7) is 4.45. The number of aromatic nitrogens is 2. The molecule has 1 aliphatic rings. The maximum Gasteiger partial charge on any atom is 0.230 e. The molecule has 8 heteroatoms. The van der Waals surface area contributed by atoms with Crippen molar-refractivity contribution in [1.82, 2.24) is 14.5 Å². The molecule has 1 aromatic heterocycles. The number of anilines is 2. The fourth-order valence-electron chi connectivity index (χ4n) is 3.28. The van der Waals surface area contributed by atoms with Crippen LogP contribution in [0, 0.1) is 5.41 Å². The predicted molar refractivity (Wildman–Crippen MR) is 123 cm³/mol. The van der Waals surface area contributed by atoms with Gasteiger partial charge >= 0.3 is 0 Å². The Balaban J connectivity index is 1.73. The van der Waals surface area contributed by atoms with Crippen LogP contribution in [0.15, 0.2) is 89.4 Å². The fourth-order valence-corrected chi connectivity index (χ4v) is 3.28. The Hall–Kier alpha value is -3.78. The van der Waals surface area contributed by atoms with Crippen LogP contribution in [0.4, 0.5) is 11.4 Å². The number of nitrogens with zero attached hydrogens (tertiary/aromatic N) is 6. The first kappa shape index (κ1) is 20.5. The van der Waals surface area contributed by atoms with Crippen LogP contribution in [0.2, 0.25) is 0 Å². The number of rotatable bonds is 2. The molecule has 1 saturated heterocycles. The van der Waals surface area contributed by atoms with Gasteiger partial charge in [-0.15, -0.1) is 0 Å². The molecule has 1 fully saturated rings. The van der Waals surface area contributed by atoms with Crippen LogP contribution >= 0.6 is 0 Å². The van der Waals surface area contributed by atoms with Crippen LogP contribution in [-0.2, 0) is 4.74 Å². The zero-order valence-electron chi connectivity index (χ0n) is 17.4. The lowest BCUT2D eigenvalue weighted by Crippen LogP contribution is -2.41. The Bertz CT molecular complexity index is 1000. The minimum atomic E-state index is 0.0843. The van der Waals surface area contributed by atoms with Crippen LogP contribution in [0.5, 0.6) is 0 Å². The summed E-state index contributed by atoms with van der Waals surface area (Å²) in [5.74, 6) is 1.29. The summed E-state index contributed by atoms with van der Waals surface area (Å²) in [7, 11) is 0. The lowest BCUT2D eigenvalue weighted by atomic mass is 10.2. The number of para-hydroxylation sites is 2. The first-order valence-corrected chi connectivity index (χ1v) is 10.2. The Morgan fingerprint density at radius 2 is 1.58 bits per heavy atom. The molecule has 2 heterocycles. The van der Waals surface area contributed by atoms with Gasteiger partial charge in [-0.05, 0) is 31.2 Å². The van der Waals surface area contributed by atoms with Gasteiger partial charge in [-0.25, -0.2) is 4.98 Å². The van der Waals surface area contributed by atoms with E-state index in [1.165, 1.54) is 0 Å². The number of guanidine groups is 2. The molecule has 0 atom stereocenters. The molecule has 8 nitrogen and oxygen atoms in total. The molecular weight excluding hydrogens is 390 g/mol. The summed E-state index contributed by atoms with van der Waals surface area (Å²) < 4.78 is 7.32. The van der Waals surface area contributed by atoms with Gasteiger partial charge in [0.25, 0.3) is 0 Å². The van der Waals surface area contributed by atoms with Crippen molar-refractivity contribution in [3.05, 3.63) is 79.4 Å². The molecule has 0 amide bonds. The van der Waals surface area contributed by atoms with Gasteiger partial charge in [-0.1, -0.05) is 36.4 Å². The number of hydrogen-bond donors (Lipinski definition) is 1. The van der Waals surface area contributed by atoms with Gasteiger partial charge in [-0.3, -0.25) is 14.9 Å². The summed E-state index contributed by atoms with van der Waals surface area (Å²) >= 11 is 0. The molecule has 1 aliphatic heterocycles. The van der Waals surface area contributed by atoms with Crippen molar-refractivity contribution in [2.75, 3.05) is 31.2 Å². The SMILES string of the molecule is CC(=NC(=NC(=N)N(c1ccccc1)c1ccccc1)N1CCOCC1)n1ccnc1. The van der Waals surface area contributed by atoms with Crippen LogP contribution in [0.1, 0.15) is 6.92 Å². The van der Waals surface area contributed by atoms with Crippen LogP contribution < -0.4 is 4.90 Å². The van der Waals surface area contributed by atoms with Crippen molar-refractivity contribution >= 4 is 29.1 Å². The van der Waals surface area contributed by atoms with Gasteiger partial charge in [0.1, 0.15) is 12.2 Å². The molecule has 0 bridgehead atoms. The van der Waals surface area contributed by atoms with Crippen molar-refractivity contribution in [1.29, 1.82) is 5.41 Å². The van der Waals surface area contributed by atoms with Crippen LogP contribution in [0.3, 0.4) is 0 Å². The first-order valence-electron chi connectivity index (χ1n) is 10.2. The number of ether oxygens (including phenoxy) is 1. The average Bonchev–Trinajstić information content (AvgIpc) is 3.36. The average molecular weight is 416 g/mol. The van der Waals surface area contributed by atoms with E-state index >= 15 is 0 Å². The van der Waals surface area contributed by atoms with Crippen LogP contribution in [0.25, 0.3) is 0 Å². The van der Waals surface area contributed by atoms with Crippen molar-refractivity contribution in [2.24, 2.45) is 9.98 Å². The molecule has 1 N–H and O–H groups in total. The number of morpholine rings is 1. The highest BCUT2D eigenvalue weighted by Gasteiger charge is 2.20. The zero-order valence-corrected chi connectivity index (χ0v) is 17.4. The van der Waals surface area contributed by atoms with Gasteiger partial charge < -0.3 is 9.64 Å². The first-order chi connectivity index (χ1) is 15.2. The van der Waals surface area contributed by atoms with Crippen molar-refractivity contribution in [2.45, 2.75) is 6.92 Å². The minimum Gasteiger partial charge on any atom is -0.378 e. The standard InChI is InChI=1S/C23H25N7O/c1-19(29-13-12-25-18-29)26-23(28-14-16-31-17-15-28)27-22(24)30(20-8-4-2-5-9-20)21-10-6-3-7-11-21/h2-13,18,24H,14-17H2,1H3. The predicted octanol–water partition coefficient (Wildman–Crippen LogP) is 3.61. The maximum atomic E-state index is 8.88. The number of aliphatic imine (C=N–C) groups is 2. The lowest BCUT2D eigenvalue weighted by molar-refractivity contribution is 0.0676. The summed E-state index contributed by atoms with van der Waals surface area (Å²) in [5.41, 5.74) is 1.72. The van der Waals surface area contributed by atoms with Gasteiger partial charge in [0.15, 0.2) is 0 Å². The lowest BCUT2D eigenvalue weighted by Gasteiger charge is -2.29. The zero-order chi connectivity index (χ0) is 21.5. The summed E-state index contributed by atoms with van der Waals surface area (Å²) in [5, 5.41) is 8.88. The van der Waals surface area contributed by atoms with Gasteiger partial charge in [0, 0.05) is 36.9 Å². The third kappa shape index (κ3) is 5.04. The number of benzene rings is 2. The quantitative estimate of drug-likeness (QED) is 0.512. The molecule has 0 aliphatic carbocycles. The van der Waals surface area contributed by atoms with E-state index < -0.39 is 0 Å². The third-order valence-electron chi connectivity index (χ3n) is 4.88. The molecule has 31 heavy (non-hydrogen) atoms. The molecule has 4 rings (SSSR count). The summed E-state index contributed by atoms with van der Waals surface area (Å²) in [4.78, 5) is 17.4. The highest BCUT2D eigenvalue weighted by molar-refractivity contribution is 6.08. The molecule has 0 spiro atoms. The molecular formula is C23H25N7O. The number of imidazole rings is 1. The highest BCUT2D eigenvalue weighted by atomic mass is 16.5. The molecule has 0 unspecified atom stereocenters. The van der Waals surface area contributed by atoms with Crippen LogP contribution in [-0.4, -0.2) is 58.5 Å². The molecule has 0 radical (unpaired) electrons.